The summed E-state index contributed by atoms with van der Waals surface area (Å²) in [7, 11) is 3.70. The molecular weight excluding hydrogens is 414 g/mol. The summed E-state index contributed by atoms with van der Waals surface area (Å²) >= 11 is 6.27. The second kappa shape index (κ2) is 11.2. The number of hydrogen-bond acceptors (Lipinski definition) is 5. The number of ether oxygens (including phenoxy) is 2. The number of nitrogens with one attached hydrogen (secondary N) is 1. The normalized spacial score (nSPS) is 15.2. The van der Waals surface area contributed by atoms with Crippen LogP contribution >= 0.6 is 11.6 Å². The molecule has 0 aromatic heterocycles. The zero-order chi connectivity index (χ0) is 22.2. The van der Waals surface area contributed by atoms with E-state index >= 15 is 0 Å². The molecule has 31 heavy (non-hydrogen) atoms. The van der Waals surface area contributed by atoms with Crippen molar-refractivity contribution in [2.75, 3.05) is 52.3 Å². The van der Waals surface area contributed by atoms with Gasteiger partial charge in [-0.3, -0.25) is 9.69 Å². The summed E-state index contributed by atoms with van der Waals surface area (Å²) in [5.74, 6) is 0.832. The molecule has 0 aliphatic carbocycles. The first-order valence-electron chi connectivity index (χ1n) is 10.5. The van der Waals surface area contributed by atoms with Gasteiger partial charge in [-0.05, 0) is 55.4 Å². The second-order valence-corrected chi connectivity index (χ2v) is 7.98. The summed E-state index contributed by atoms with van der Waals surface area (Å²) in [5, 5.41) is 3.37. The van der Waals surface area contributed by atoms with Gasteiger partial charge in [0.2, 0.25) is 5.91 Å². The molecular formula is C24H30ClN3O3. The number of anilines is 1. The highest BCUT2D eigenvalue weighted by Gasteiger charge is 2.14. The molecule has 0 radical (unpaired) electrons. The SMILES string of the molecule is CCOc1cc(C=CC(=O)Nc2cccc(CN3CCN(C)CC3)c2)cc(Cl)c1OC. The van der Waals surface area contributed by atoms with E-state index in [9.17, 15) is 4.79 Å². The minimum absolute atomic E-state index is 0.207. The molecule has 1 aliphatic heterocycles. The summed E-state index contributed by atoms with van der Waals surface area (Å²) in [5.41, 5.74) is 2.73. The molecule has 0 spiro atoms. The van der Waals surface area contributed by atoms with Crippen LogP contribution in [0, 0.1) is 0 Å². The van der Waals surface area contributed by atoms with E-state index < -0.39 is 0 Å². The van der Waals surface area contributed by atoms with E-state index in [4.69, 9.17) is 21.1 Å². The molecule has 1 fully saturated rings. The van der Waals surface area contributed by atoms with Crippen LogP contribution in [0.25, 0.3) is 6.08 Å². The van der Waals surface area contributed by atoms with Gasteiger partial charge in [-0.2, -0.15) is 0 Å². The summed E-state index contributed by atoms with van der Waals surface area (Å²) in [4.78, 5) is 17.2. The largest absolute Gasteiger partial charge is 0.491 e. The fraction of sp³-hybridized carbons (Fsp3) is 0.375. The Kier molecular flexibility index (Phi) is 8.35. The molecule has 6 nitrogen and oxygen atoms in total. The van der Waals surface area contributed by atoms with Crippen LogP contribution in [0.15, 0.2) is 42.5 Å². The van der Waals surface area contributed by atoms with Gasteiger partial charge >= 0.3 is 0 Å². The molecule has 1 amide bonds. The lowest BCUT2D eigenvalue weighted by Gasteiger charge is -2.32. The van der Waals surface area contributed by atoms with Crippen molar-refractivity contribution in [3.63, 3.8) is 0 Å². The molecule has 0 atom stereocenters. The van der Waals surface area contributed by atoms with E-state index in [1.807, 2.05) is 25.1 Å². The van der Waals surface area contributed by atoms with Crippen molar-refractivity contribution in [3.8, 4) is 11.5 Å². The highest BCUT2D eigenvalue weighted by molar-refractivity contribution is 6.32. The van der Waals surface area contributed by atoms with E-state index in [1.165, 1.54) is 11.6 Å². The number of rotatable bonds is 8. The minimum atomic E-state index is -0.207. The van der Waals surface area contributed by atoms with Crippen LogP contribution < -0.4 is 14.8 Å². The van der Waals surface area contributed by atoms with Gasteiger partial charge in [-0.15, -0.1) is 0 Å². The average Bonchev–Trinajstić information content (AvgIpc) is 2.74. The standard InChI is InChI=1S/C24H30ClN3O3/c1-4-31-22-16-18(15-21(25)24(22)30-3)8-9-23(29)26-20-7-5-6-19(14-20)17-28-12-10-27(2)11-13-28/h5-9,14-16H,4,10-13,17H2,1-3H3,(H,26,29). The maximum absolute atomic E-state index is 12.4. The van der Waals surface area contributed by atoms with Crippen molar-refractivity contribution in [1.82, 2.24) is 9.80 Å². The number of halogens is 1. The predicted molar refractivity (Wildman–Crippen MR) is 126 cm³/mol. The molecule has 0 saturated carbocycles. The smallest absolute Gasteiger partial charge is 0.248 e. The molecule has 1 N–H and O–H groups in total. The van der Waals surface area contributed by atoms with Crippen LogP contribution in [0.5, 0.6) is 11.5 Å². The van der Waals surface area contributed by atoms with E-state index in [0.29, 0.717) is 23.1 Å². The van der Waals surface area contributed by atoms with E-state index in [0.717, 1.165) is 44.0 Å². The summed E-state index contributed by atoms with van der Waals surface area (Å²) in [6, 6.07) is 11.5. The fourth-order valence-electron chi connectivity index (χ4n) is 3.51. The predicted octanol–water partition coefficient (Wildman–Crippen LogP) is 4.15. The lowest BCUT2D eigenvalue weighted by molar-refractivity contribution is -0.111. The molecule has 7 heteroatoms. The first-order valence-corrected chi connectivity index (χ1v) is 10.9. The highest BCUT2D eigenvalue weighted by Crippen LogP contribution is 2.36. The third kappa shape index (κ3) is 6.72. The van der Waals surface area contributed by atoms with Gasteiger partial charge in [0.15, 0.2) is 11.5 Å². The third-order valence-electron chi connectivity index (χ3n) is 5.16. The van der Waals surface area contributed by atoms with E-state index in [1.54, 1.807) is 25.3 Å². The van der Waals surface area contributed by atoms with Crippen LogP contribution in [-0.4, -0.2) is 62.7 Å². The topological polar surface area (TPSA) is 54.0 Å². The molecule has 1 aliphatic rings. The number of hydrogen-bond donors (Lipinski definition) is 1. The number of carbonyl (C=O) groups excluding carboxylic acids is 1. The van der Waals surface area contributed by atoms with Crippen LogP contribution in [0.2, 0.25) is 5.02 Å². The van der Waals surface area contributed by atoms with Gasteiger partial charge in [0, 0.05) is 44.5 Å². The third-order valence-corrected chi connectivity index (χ3v) is 5.44. The number of carbonyl (C=O) groups is 1. The van der Waals surface area contributed by atoms with Gasteiger partial charge < -0.3 is 19.7 Å². The van der Waals surface area contributed by atoms with Gasteiger partial charge in [0.05, 0.1) is 18.7 Å². The van der Waals surface area contributed by atoms with E-state index in [2.05, 4.69) is 28.2 Å². The van der Waals surface area contributed by atoms with Crippen molar-refractivity contribution in [3.05, 3.63) is 58.6 Å². The molecule has 2 aromatic carbocycles. The van der Waals surface area contributed by atoms with Crippen LogP contribution in [-0.2, 0) is 11.3 Å². The lowest BCUT2D eigenvalue weighted by Crippen LogP contribution is -2.43. The van der Waals surface area contributed by atoms with Gasteiger partial charge in [-0.25, -0.2) is 0 Å². The Hall–Kier alpha value is -2.54. The average molecular weight is 444 g/mol. The monoisotopic (exact) mass is 443 g/mol. The summed E-state index contributed by atoms with van der Waals surface area (Å²) < 4.78 is 10.9. The first-order chi connectivity index (χ1) is 15.0. The van der Waals surface area contributed by atoms with Crippen molar-refractivity contribution in [2.24, 2.45) is 0 Å². The van der Waals surface area contributed by atoms with E-state index in [-0.39, 0.29) is 5.91 Å². The molecule has 1 heterocycles. The van der Waals surface area contributed by atoms with Crippen LogP contribution in [0.3, 0.4) is 0 Å². The number of nitrogens with zero attached hydrogens (tertiary/aromatic N) is 2. The quantitative estimate of drug-likeness (QED) is 0.621. The Balaban J connectivity index is 1.62. The zero-order valence-electron chi connectivity index (χ0n) is 18.4. The van der Waals surface area contributed by atoms with Crippen molar-refractivity contribution < 1.29 is 14.3 Å². The van der Waals surface area contributed by atoms with Gasteiger partial charge in [0.25, 0.3) is 0 Å². The van der Waals surface area contributed by atoms with Crippen LogP contribution in [0.4, 0.5) is 5.69 Å². The Morgan fingerprint density at radius 1 is 1.19 bits per heavy atom. The fourth-order valence-corrected chi connectivity index (χ4v) is 3.81. The molecule has 166 valence electrons. The van der Waals surface area contributed by atoms with Crippen LogP contribution in [0.1, 0.15) is 18.1 Å². The Morgan fingerprint density at radius 2 is 1.97 bits per heavy atom. The number of benzene rings is 2. The lowest BCUT2D eigenvalue weighted by atomic mass is 10.1. The number of piperazine rings is 1. The zero-order valence-corrected chi connectivity index (χ0v) is 19.1. The molecule has 1 saturated heterocycles. The maximum atomic E-state index is 12.4. The molecule has 0 bridgehead atoms. The van der Waals surface area contributed by atoms with Gasteiger partial charge in [-0.1, -0.05) is 23.7 Å². The van der Waals surface area contributed by atoms with Crippen molar-refractivity contribution >= 4 is 29.3 Å². The molecule has 0 unspecified atom stereocenters. The Labute approximate surface area is 189 Å². The first kappa shape index (κ1) is 23.1. The maximum Gasteiger partial charge on any atom is 0.248 e. The van der Waals surface area contributed by atoms with Crippen molar-refractivity contribution in [2.45, 2.75) is 13.5 Å². The number of likely N-dealkylation sites (N-methyl/N-ethyl adjacent to an activating group) is 1. The highest BCUT2D eigenvalue weighted by atomic mass is 35.5. The summed E-state index contributed by atoms with van der Waals surface area (Å²) in [6.07, 6.45) is 3.19. The van der Waals surface area contributed by atoms with Crippen molar-refractivity contribution in [1.29, 1.82) is 0 Å². The second-order valence-electron chi connectivity index (χ2n) is 7.57. The van der Waals surface area contributed by atoms with Gasteiger partial charge in [0.1, 0.15) is 0 Å². The minimum Gasteiger partial charge on any atom is -0.491 e. The Bertz CT molecular complexity index is 924. The number of amides is 1. The summed E-state index contributed by atoms with van der Waals surface area (Å²) in [6.45, 7) is 7.56. The molecule has 3 rings (SSSR count). The number of methoxy groups -OCH3 is 1. The Morgan fingerprint density at radius 3 is 2.68 bits per heavy atom. The molecule has 2 aromatic rings.